The molecular weight excluding hydrogens is 580 g/mol. The van der Waals surface area contributed by atoms with Gasteiger partial charge in [0.25, 0.3) is 0 Å². The number of thioether (sulfide) groups is 1. The van der Waals surface area contributed by atoms with E-state index in [4.69, 9.17) is 0 Å². The fourth-order valence-corrected chi connectivity index (χ4v) is 8.30. The number of nitrogens with one attached hydrogen (secondary N) is 1. The molecule has 3 aromatic rings. The zero-order valence-electron chi connectivity index (χ0n) is 16.4. The third-order valence-corrected chi connectivity index (χ3v) is 9.33. The first-order valence-electron chi connectivity index (χ1n) is 9.72. The quantitative estimate of drug-likeness (QED) is 0.423. The average Bonchev–Trinajstić information content (AvgIpc) is 3.24. The van der Waals surface area contributed by atoms with Gasteiger partial charge in [-0.1, -0.05) is 57.6 Å². The van der Waals surface area contributed by atoms with Crippen LogP contribution in [0.4, 0.5) is 0 Å². The maximum absolute atomic E-state index is 13.9. The lowest BCUT2D eigenvalue weighted by Gasteiger charge is -2.38. The summed E-state index contributed by atoms with van der Waals surface area (Å²) in [5.41, 5.74) is 0.281. The van der Waals surface area contributed by atoms with E-state index in [1.165, 1.54) is 16.7 Å². The van der Waals surface area contributed by atoms with Gasteiger partial charge < -0.3 is 10.1 Å². The van der Waals surface area contributed by atoms with E-state index in [0.717, 1.165) is 16.9 Å². The van der Waals surface area contributed by atoms with Crippen LogP contribution in [0.1, 0.15) is 28.3 Å². The second kappa shape index (κ2) is 8.16. The van der Waals surface area contributed by atoms with Gasteiger partial charge in [-0.15, -0.1) is 11.8 Å². The van der Waals surface area contributed by atoms with Crippen molar-refractivity contribution >= 4 is 66.8 Å². The third-order valence-electron chi connectivity index (χ3n) is 5.92. The number of nitrogens with zero attached hydrogens (tertiary/aromatic N) is 1. The van der Waals surface area contributed by atoms with Crippen molar-refractivity contribution < 1.29 is 14.7 Å². The minimum atomic E-state index is -1.09. The number of H-pyrrole nitrogens is 1. The van der Waals surface area contributed by atoms with Gasteiger partial charge in [0.2, 0.25) is 11.8 Å². The van der Waals surface area contributed by atoms with E-state index in [1.807, 2.05) is 30.3 Å². The van der Waals surface area contributed by atoms with Crippen LogP contribution in [0.25, 0.3) is 0 Å². The topological polar surface area (TPSA) is 90.5 Å². The molecule has 2 aromatic carbocycles. The summed E-state index contributed by atoms with van der Waals surface area (Å²) in [7, 11) is 0. The molecule has 1 fully saturated rings. The summed E-state index contributed by atoms with van der Waals surface area (Å²) in [6.45, 7) is 0.196. The van der Waals surface area contributed by atoms with Gasteiger partial charge in [-0.25, -0.2) is 0 Å². The SMILES string of the molecule is O=C1CC2(CSc3[nH]c(=O)sc3C2c2cc(Br)cc(Br)c2O)C(=O)N1Cc1ccccc1. The minimum Gasteiger partial charge on any atom is -0.506 e. The molecule has 0 radical (unpaired) electrons. The van der Waals surface area contributed by atoms with Crippen molar-refractivity contribution in [1.29, 1.82) is 0 Å². The number of carbonyl (C=O) groups is 2. The van der Waals surface area contributed by atoms with Crippen molar-refractivity contribution in [1.82, 2.24) is 9.88 Å². The maximum Gasteiger partial charge on any atom is 0.305 e. The monoisotopic (exact) mass is 594 g/mol. The van der Waals surface area contributed by atoms with Gasteiger partial charge in [-0.2, -0.15) is 0 Å². The predicted octanol–water partition coefficient (Wildman–Crippen LogP) is 4.85. The number of aromatic hydroxyl groups is 1. The van der Waals surface area contributed by atoms with Crippen LogP contribution >= 0.6 is 55.0 Å². The van der Waals surface area contributed by atoms with Crippen molar-refractivity contribution in [2.24, 2.45) is 5.41 Å². The van der Waals surface area contributed by atoms with Gasteiger partial charge >= 0.3 is 4.87 Å². The lowest BCUT2D eigenvalue weighted by molar-refractivity contribution is -0.142. The van der Waals surface area contributed by atoms with Gasteiger partial charge in [0.05, 0.1) is 21.5 Å². The van der Waals surface area contributed by atoms with Crippen LogP contribution in [0.15, 0.2) is 61.2 Å². The number of rotatable bonds is 3. The average molecular weight is 596 g/mol. The van der Waals surface area contributed by atoms with E-state index in [-0.39, 0.29) is 35.4 Å². The molecule has 32 heavy (non-hydrogen) atoms. The third kappa shape index (κ3) is 3.48. The van der Waals surface area contributed by atoms with E-state index < -0.39 is 11.3 Å². The molecule has 1 aromatic heterocycles. The van der Waals surface area contributed by atoms with Crippen LogP contribution in [-0.2, 0) is 16.1 Å². The number of amides is 2. The zero-order valence-corrected chi connectivity index (χ0v) is 21.2. The highest BCUT2D eigenvalue weighted by Crippen LogP contribution is 2.59. The number of phenols is 1. The number of hydrogen-bond donors (Lipinski definition) is 2. The molecule has 0 bridgehead atoms. The Bertz CT molecular complexity index is 1310. The maximum atomic E-state index is 13.9. The van der Waals surface area contributed by atoms with E-state index in [2.05, 4.69) is 36.8 Å². The van der Waals surface area contributed by atoms with E-state index >= 15 is 0 Å². The largest absolute Gasteiger partial charge is 0.506 e. The second-order valence-corrected chi connectivity index (χ2v) is 11.6. The zero-order chi connectivity index (χ0) is 22.6. The highest BCUT2D eigenvalue weighted by Gasteiger charge is 2.59. The number of aromatic amines is 1. The Morgan fingerprint density at radius 2 is 1.91 bits per heavy atom. The van der Waals surface area contributed by atoms with Gasteiger partial charge in [0.1, 0.15) is 5.75 Å². The molecule has 2 amide bonds. The molecule has 10 heteroatoms. The number of hydrogen-bond acceptors (Lipinski definition) is 6. The Labute approximate surface area is 208 Å². The molecule has 2 N–H and O–H groups in total. The highest BCUT2D eigenvalue weighted by molar-refractivity contribution is 9.11. The van der Waals surface area contributed by atoms with Crippen LogP contribution in [0.2, 0.25) is 0 Å². The molecule has 5 rings (SSSR count). The lowest BCUT2D eigenvalue weighted by atomic mass is 9.70. The van der Waals surface area contributed by atoms with Crippen LogP contribution in [-0.4, -0.2) is 32.6 Å². The summed E-state index contributed by atoms with van der Waals surface area (Å²) < 4.78 is 1.19. The van der Waals surface area contributed by atoms with Crippen LogP contribution in [0.5, 0.6) is 5.75 Å². The van der Waals surface area contributed by atoms with E-state index in [1.54, 1.807) is 12.1 Å². The number of carbonyl (C=O) groups excluding carboxylic acids is 2. The number of likely N-dealkylation sites (tertiary alicyclic amines) is 1. The van der Waals surface area contributed by atoms with Crippen molar-refractivity contribution in [2.45, 2.75) is 23.9 Å². The minimum absolute atomic E-state index is 0.00182. The molecular formula is C22H16Br2N2O4S2. The molecule has 2 unspecified atom stereocenters. The fraction of sp³-hybridized carbons (Fsp3) is 0.227. The molecule has 2 aliphatic rings. The molecule has 1 spiro atoms. The van der Waals surface area contributed by atoms with Gasteiger partial charge in [0, 0.05) is 33.0 Å². The molecule has 164 valence electrons. The summed E-state index contributed by atoms with van der Waals surface area (Å²) in [4.78, 5) is 43.8. The van der Waals surface area contributed by atoms with Crippen molar-refractivity contribution in [3.63, 3.8) is 0 Å². The number of halogens is 2. The van der Waals surface area contributed by atoms with E-state index in [0.29, 0.717) is 30.2 Å². The molecule has 0 aliphatic carbocycles. The van der Waals surface area contributed by atoms with Crippen LogP contribution in [0.3, 0.4) is 0 Å². The first-order valence-corrected chi connectivity index (χ1v) is 13.1. The van der Waals surface area contributed by atoms with Crippen molar-refractivity contribution in [3.8, 4) is 5.75 Å². The number of imide groups is 1. The number of thiazole rings is 1. The Balaban J connectivity index is 1.66. The first kappa shape index (κ1) is 21.9. The van der Waals surface area contributed by atoms with Crippen molar-refractivity contribution in [2.75, 3.05) is 5.75 Å². The summed E-state index contributed by atoms with van der Waals surface area (Å²) in [5.74, 6) is -0.821. The number of phenolic OH excluding ortho intramolecular Hbond substituents is 1. The first-order chi connectivity index (χ1) is 15.3. The molecule has 3 heterocycles. The second-order valence-electron chi connectivity index (χ2n) is 7.86. The standard InChI is InChI=1S/C22H16Br2N2O4S2/c23-12-6-13(17(28)14(24)7-12)16-18-19(25-21(30)32-18)31-10-22(16)8-15(27)26(20(22)29)9-11-4-2-1-3-5-11/h1-7,16,28H,8-10H2,(H,25,30). The highest BCUT2D eigenvalue weighted by atomic mass is 79.9. The van der Waals surface area contributed by atoms with Gasteiger partial charge in [-0.3, -0.25) is 19.3 Å². The predicted molar refractivity (Wildman–Crippen MR) is 130 cm³/mol. The summed E-state index contributed by atoms with van der Waals surface area (Å²) >= 11 is 9.25. The van der Waals surface area contributed by atoms with Gasteiger partial charge in [0.15, 0.2) is 0 Å². The Morgan fingerprint density at radius 3 is 2.66 bits per heavy atom. The number of benzene rings is 2. The molecule has 6 nitrogen and oxygen atoms in total. The Hall–Kier alpha value is -1.88. The van der Waals surface area contributed by atoms with Crippen molar-refractivity contribution in [3.05, 3.63) is 77.1 Å². The summed E-state index contributed by atoms with van der Waals surface area (Å²) in [6.07, 6.45) is 0.0193. The Kier molecular flexibility index (Phi) is 5.59. The summed E-state index contributed by atoms with van der Waals surface area (Å²) in [6, 6.07) is 12.9. The Morgan fingerprint density at radius 1 is 1.16 bits per heavy atom. The number of aromatic nitrogens is 1. The smallest absolute Gasteiger partial charge is 0.305 e. The fourth-order valence-electron chi connectivity index (χ4n) is 4.49. The lowest BCUT2D eigenvalue weighted by Crippen LogP contribution is -2.43. The number of fused-ring (bicyclic) bond motifs is 1. The molecule has 1 saturated heterocycles. The molecule has 0 saturated carbocycles. The van der Waals surface area contributed by atoms with Crippen LogP contribution < -0.4 is 4.87 Å². The normalized spacial score (nSPS) is 22.6. The molecule has 2 aliphatic heterocycles. The van der Waals surface area contributed by atoms with E-state index in [9.17, 15) is 19.5 Å². The van der Waals surface area contributed by atoms with Crippen LogP contribution in [0, 0.1) is 5.41 Å². The molecule has 2 atom stereocenters. The van der Waals surface area contributed by atoms with Gasteiger partial charge in [-0.05, 0) is 33.6 Å². The summed E-state index contributed by atoms with van der Waals surface area (Å²) in [5, 5.41) is 11.6.